The van der Waals surface area contributed by atoms with Gasteiger partial charge in [-0.2, -0.15) is 0 Å². The molecule has 8 heteroatoms. The first-order valence-electron chi connectivity index (χ1n) is 6.91. The van der Waals surface area contributed by atoms with Crippen LogP contribution in [0.15, 0.2) is 24.3 Å². The summed E-state index contributed by atoms with van der Waals surface area (Å²) >= 11 is 0. The van der Waals surface area contributed by atoms with Crippen LogP contribution in [0.1, 0.15) is 29.3 Å². The van der Waals surface area contributed by atoms with Crippen molar-refractivity contribution < 1.29 is 23.9 Å². The fraction of sp³-hybridized carbons (Fsp3) is 0.333. The van der Waals surface area contributed by atoms with Crippen LogP contribution >= 0.6 is 0 Å². The fourth-order valence-corrected chi connectivity index (χ4v) is 2.38. The van der Waals surface area contributed by atoms with Crippen molar-refractivity contribution in [1.82, 2.24) is 10.2 Å². The van der Waals surface area contributed by atoms with Gasteiger partial charge in [-0.15, -0.1) is 0 Å². The number of nitrogens with two attached hydrogens (primary N) is 1. The van der Waals surface area contributed by atoms with Gasteiger partial charge in [0.15, 0.2) is 0 Å². The summed E-state index contributed by atoms with van der Waals surface area (Å²) in [4.78, 5) is 48.1. The van der Waals surface area contributed by atoms with E-state index in [0.717, 1.165) is 4.90 Å². The second-order valence-corrected chi connectivity index (χ2v) is 5.28. The minimum atomic E-state index is -1.32. The monoisotopic (exact) mass is 319 g/mol. The van der Waals surface area contributed by atoms with E-state index in [9.17, 15) is 19.2 Å². The molecule has 1 atom stereocenters. The van der Waals surface area contributed by atoms with Gasteiger partial charge in [-0.25, -0.2) is 4.79 Å². The van der Waals surface area contributed by atoms with Gasteiger partial charge >= 0.3 is 12.0 Å². The molecular formula is C15H17N3O5. The van der Waals surface area contributed by atoms with Crippen molar-refractivity contribution in [2.45, 2.75) is 18.9 Å². The van der Waals surface area contributed by atoms with Gasteiger partial charge in [-0.05, 0) is 24.6 Å². The molecule has 1 fully saturated rings. The second kappa shape index (κ2) is 6.07. The lowest BCUT2D eigenvalue weighted by atomic mass is 9.90. The summed E-state index contributed by atoms with van der Waals surface area (Å²) in [6.45, 7) is 1.45. The number of benzene rings is 1. The molecule has 1 aromatic carbocycles. The lowest BCUT2D eigenvalue weighted by molar-refractivity contribution is -0.141. The first-order valence-corrected chi connectivity index (χ1v) is 6.91. The number of hydrogen-bond acceptors (Lipinski definition) is 5. The summed E-state index contributed by atoms with van der Waals surface area (Å²) < 4.78 is 4.50. The van der Waals surface area contributed by atoms with E-state index in [1.54, 1.807) is 12.1 Å². The molecular weight excluding hydrogens is 302 g/mol. The lowest BCUT2D eigenvalue weighted by Gasteiger charge is -2.22. The second-order valence-electron chi connectivity index (χ2n) is 5.28. The summed E-state index contributed by atoms with van der Waals surface area (Å²) in [7, 11) is 1.23. The van der Waals surface area contributed by atoms with E-state index in [-0.39, 0.29) is 18.5 Å². The van der Waals surface area contributed by atoms with Crippen LogP contribution in [0.5, 0.6) is 0 Å². The van der Waals surface area contributed by atoms with E-state index < -0.39 is 29.4 Å². The Morgan fingerprint density at radius 2 is 2.04 bits per heavy atom. The van der Waals surface area contributed by atoms with Crippen LogP contribution in [-0.2, 0) is 19.9 Å². The Hall–Kier alpha value is -2.90. The van der Waals surface area contributed by atoms with Crippen LogP contribution in [0, 0.1) is 0 Å². The van der Waals surface area contributed by atoms with Gasteiger partial charge in [-0.1, -0.05) is 12.1 Å². The Labute approximate surface area is 132 Å². The molecule has 1 aliphatic rings. The number of carbonyl (C=O) groups excluding carboxylic acids is 4. The van der Waals surface area contributed by atoms with Crippen LogP contribution in [-0.4, -0.2) is 42.4 Å². The number of nitrogens with one attached hydrogen (secondary N) is 1. The number of imide groups is 1. The van der Waals surface area contributed by atoms with E-state index in [4.69, 9.17) is 5.73 Å². The Morgan fingerprint density at radius 1 is 1.35 bits per heavy atom. The summed E-state index contributed by atoms with van der Waals surface area (Å²) in [5, 5.41) is 2.59. The Balaban J connectivity index is 2.27. The van der Waals surface area contributed by atoms with Crippen molar-refractivity contribution in [1.29, 1.82) is 0 Å². The number of carbonyl (C=O) groups is 4. The van der Waals surface area contributed by atoms with Gasteiger partial charge in [0, 0.05) is 12.1 Å². The minimum absolute atomic E-state index is 0.0809. The molecule has 8 nitrogen and oxygen atoms in total. The third kappa shape index (κ3) is 3.01. The quantitative estimate of drug-likeness (QED) is 0.590. The van der Waals surface area contributed by atoms with Crippen LogP contribution in [0.4, 0.5) is 4.79 Å². The first-order chi connectivity index (χ1) is 10.8. The molecule has 0 bridgehead atoms. The maximum atomic E-state index is 12.6. The molecule has 122 valence electrons. The minimum Gasteiger partial charge on any atom is -0.469 e. The standard InChI is InChI=1S/C15H17N3O5/c1-15(10-5-3-4-9(8-10)12(16)20)13(21)18(14(22)17-15)7-6-11(19)23-2/h3-5,8H,6-7H2,1-2H3,(H2,16,20)(H,17,22)/t15-/m0/s1. The molecule has 2 rings (SSSR count). The highest BCUT2D eigenvalue weighted by atomic mass is 16.5. The van der Waals surface area contributed by atoms with Crippen molar-refractivity contribution in [2.24, 2.45) is 5.73 Å². The highest BCUT2D eigenvalue weighted by molar-refractivity contribution is 6.07. The largest absolute Gasteiger partial charge is 0.469 e. The molecule has 0 saturated carbocycles. The van der Waals surface area contributed by atoms with E-state index in [1.807, 2.05) is 0 Å². The van der Waals surface area contributed by atoms with Crippen LogP contribution in [0.2, 0.25) is 0 Å². The van der Waals surface area contributed by atoms with Gasteiger partial charge in [0.1, 0.15) is 5.54 Å². The third-order valence-electron chi connectivity index (χ3n) is 3.77. The number of amides is 4. The molecule has 0 unspecified atom stereocenters. The molecule has 1 aromatic rings. The van der Waals surface area contributed by atoms with Gasteiger partial charge < -0.3 is 15.8 Å². The molecule has 0 aromatic heterocycles. The highest BCUT2D eigenvalue weighted by Gasteiger charge is 2.48. The summed E-state index contributed by atoms with van der Waals surface area (Å²) in [5.74, 6) is -1.65. The molecule has 0 aliphatic carbocycles. The van der Waals surface area contributed by atoms with Gasteiger partial charge in [0.2, 0.25) is 5.91 Å². The normalized spacial score (nSPS) is 20.3. The fourth-order valence-electron chi connectivity index (χ4n) is 2.38. The summed E-state index contributed by atoms with van der Waals surface area (Å²) in [6, 6.07) is 5.58. The molecule has 1 heterocycles. The molecule has 1 aliphatic heterocycles. The zero-order valence-electron chi connectivity index (χ0n) is 12.8. The molecule has 1 saturated heterocycles. The number of nitrogens with zero attached hydrogens (tertiary/aromatic N) is 1. The Kier molecular flexibility index (Phi) is 4.35. The molecule has 0 spiro atoms. The number of rotatable bonds is 5. The van der Waals surface area contributed by atoms with Crippen molar-refractivity contribution in [3.05, 3.63) is 35.4 Å². The summed E-state index contributed by atoms with van der Waals surface area (Å²) in [6.07, 6.45) is -0.0902. The van der Waals surface area contributed by atoms with E-state index >= 15 is 0 Å². The number of esters is 1. The smallest absolute Gasteiger partial charge is 0.325 e. The SMILES string of the molecule is COC(=O)CCN1C(=O)N[C@@](C)(c2cccc(C(N)=O)c2)C1=O. The number of hydrogen-bond donors (Lipinski definition) is 2. The zero-order chi connectivity index (χ0) is 17.2. The Morgan fingerprint density at radius 3 is 2.65 bits per heavy atom. The third-order valence-corrected chi connectivity index (χ3v) is 3.77. The molecule has 0 radical (unpaired) electrons. The predicted molar refractivity (Wildman–Crippen MR) is 79.2 cm³/mol. The van der Waals surface area contributed by atoms with E-state index in [1.165, 1.54) is 26.2 Å². The predicted octanol–water partition coefficient (Wildman–Crippen LogP) is 0.116. The lowest BCUT2D eigenvalue weighted by Crippen LogP contribution is -2.41. The van der Waals surface area contributed by atoms with Crippen molar-refractivity contribution in [2.75, 3.05) is 13.7 Å². The number of methoxy groups -OCH3 is 1. The van der Waals surface area contributed by atoms with E-state index in [0.29, 0.717) is 5.56 Å². The van der Waals surface area contributed by atoms with Crippen LogP contribution < -0.4 is 11.1 Å². The highest BCUT2D eigenvalue weighted by Crippen LogP contribution is 2.29. The molecule has 3 N–H and O–H groups in total. The van der Waals surface area contributed by atoms with Crippen LogP contribution in [0.3, 0.4) is 0 Å². The maximum Gasteiger partial charge on any atom is 0.325 e. The average Bonchev–Trinajstić information content (AvgIpc) is 2.75. The number of urea groups is 1. The summed E-state index contributed by atoms with van der Waals surface area (Å²) in [5.41, 5.74) is 4.59. The van der Waals surface area contributed by atoms with Gasteiger partial charge in [0.25, 0.3) is 5.91 Å². The van der Waals surface area contributed by atoms with Crippen molar-refractivity contribution >= 4 is 23.8 Å². The Bertz CT molecular complexity index is 687. The maximum absolute atomic E-state index is 12.6. The van der Waals surface area contributed by atoms with E-state index in [2.05, 4.69) is 10.1 Å². The zero-order valence-corrected chi connectivity index (χ0v) is 12.8. The number of primary amides is 1. The van der Waals surface area contributed by atoms with Crippen LogP contribution in [0.25, 0.3) is 0 Å². The molecule has 23 heavy (non-hydrogen) atoms. The topological polar surface area (TPSA) is 119 Å². The van der Waals surface area contributed by atoms with Gasteiger partial charge in [0.05, 0.1) is 13.5 Å². The molecule has 4 amide bonds. The number of ether oxygens (including phenoxy) is 1. The van der Waals surface area contributed by atoms with Crippen molar-refractivity contribution in [3.63, 3.8) is 0 Å². The van der Waals surface area contributed by atoms with Gasteiger partial charge in [-0.3, -0.25) is 19.3 Å². The first kappa shape index (κ1) is 16.5. The average molecular weight is 319 g/mol. The van der Waals surface area contributed by atoms with Crippen molar-refractivity contribution in [3.8, 4) is 0 Å².